The van der Waals surface area contributed by atoms with Crippen molar-refractivity contribution in [1.82, 2.24) is 4.90 Å². The topological polar surface area (TPSA) is 46.6 Å². The van der Waals surface area contributed by atoms with Gasteiger partial charge in [0.25, 0.3) is 5.91 Å². The summed E-state index contributed by atoms with van der Waals surface area (Å²) in [4.78, 5) is 27.5. The third kappa shape index (κ3) is 2.71. The van der Waals surface area contributed by atoms with Gasteiger partial charge >= 0.3 is 5.97 Å². The Labute approximate surface area is 116 Å². The molecule has 0 radical (unpaired) electrons. The molecule has 19 heavy (non-hydrogen) atoms. The number of carbonyl (C=O) groups is 2. The van der Waals surface area contributed by atoms with Crippen molar-refractivity contribution in [3.63, 3.8) is 0 Å². The van der Waals surface area contributed by atoms with Crippen LogP contribution in [-0.2, 0) is 9.53 Å². The Hall–Kier alpha value is -1.62. The zero-order valence-corrected chi connectivity index (χ0v) is 12.0. The van der Waals surface area contributed by atoms with Gasteiger partial charge in [0, 0.05) is 22.2 Å². The summed E-state index contributed by atoms with van der Waals surface area (Å²) < 4.78 is 4.90. The molecule has 5 heteroatoms. The van der Waals surface area contributed by atoms with Gasteiger partial charge in [0.15, 0.2) is 0 Å². The highest BCUT2D eigenvalue weighted by atomic mass is 32.1. The highest BCUT2D eigenvalue weighted by Gasteiger charge is 2.32. The fourth-order valence-corrected chi connectivity index (χ4v) is 3.27. The van der Waals surface area contributed by atoms with E-state index in [-0.39, 0.29) is 24.3 Å². The Bertz CT molecular complexity index is 521. The lowest BCUT2D eigenvalue weighted by atomic mass is 9.99. The molecule has 0 saturated heterocycles. The van der Waals surface area contributed by atoms with Gasteiger partial charge in [-0.25, -0.2) is 0 Å². The molecular formula is C14H17NO3S. The maximum Gasteiger partial charge on any atom is 0.325 e. The maximum absolute atomic E-state index is 12.3. The maximum atomic E-state index is 12.3. The summed E-state index contributed by atoms with van der Waals surface area (Å²) >= 11 is 1.60. The summed E-state index contributed by atoms with van der Waals surface area (Å²) in [6.45, 7) is 8.46. The molecule has 0 fully saturated rings. The first-order chi connectivity index (χ1) is 9.06. The van der Waals surface area contributed by atoms with Gasteiger partial charge < -0.3 is 9.64 Å². The molecule has 1 unspecified atom stereocenters. The van der Waals surface area contributed by atoms with E-state index in [9.17, 15) is 9.59 Å². The van der Waals surface area contributed by atoms with E-state index >= 15 is 0 Å². The van der Waals surface area contributed by atoms with E-state index in [1.165, 1.54) is 0 Å². The molecule has 1 aromatic heterocycles. The molecule has 1 aliphatic rings. The second-order valence-electron chi connectivity index (χ2n) is 4.52. The largest absolute Gasteiger partial charge is 0.465 e. The van der Waals surface area contributed by atoms with Crippen molar-refractivity contribution in [2.24, 2.45) is 0 Å². The van der Waals surface area contributed by atoms with Crippen molar-refractivity contribution in [2.45, 2.75) is 19.8 Å². The van der Waals surface area contributed by atoms with Gasteiger partial charge in [-0.15, -0.1) is 11.3 Å². The summed E-state index contributed by atoms with van der Waals surface area (Å²) in [5.74, 6) is -0.211. The number of amides is 1. The van der Waals surface area contributed by atoms with Gasteiger partial charge in [-0.2, -0.15) is 0 Å². The van der Waals surface area contributed by atoms with Gasteiger partial charge in [-0.05, 0) is 13.0 Å². The minimum absolute atomic E-state index is 0.0235. The Kier molecular flexibility index (Phi) is 4.04. The molecule has 0 N–H and O–H groups in total. The molecule has 0 saturated carbocycles. The second kappa shape index (κ2) is 5.57. The zero-order chi connectivity index (χ0) is 14.0. The predicted molar refractivity (Wildman–Crippen MR) is 75.4 cm³/mol. The monoisotopic (exact) mass is 279 g/mol. The van der Waals surface area contributed by atoms with Crippen LogP contribution >= 0.6 is 11.3 Å². The summed E-state index contributed by atoms with van der Waals surface area (Å²) in [5, 5.41) is 0. The van der Waals surface area contributed by atoms with Crippen LogP contribution in [0.3, 0.4) is 0 Å². The predicted octanol–water partition coefficient (Wildman–Crippen LogP) is 2.51. The van der Waals surface area contributed by atoms with Crippen LogP contribution in [0.15, 0.2) is 12.6 Å². The normalized spacial score (nSPS) is 18.1. The lowest BCUT2D eigenvalue weighted by molar-refractivity contribution is -0.143. The Morgan fingerprint density at radius 2 is 2.42 bits per heavy atom. The van der Waals surface area contributed by atoms with Crippen LogP contribution in [0.2, 0.25) is 0 Å². The van der Waals surface area contributed by atoms with Crippen LogP contribution in [0.4, 0.5) is 0 Å². The van der Waals surface area contributed by atoms with Gasteiger partial charge in [0.05, 0.1) is 12.2 Å². The van der Waals surface area contributed by atoms with Gasteiger partial charge in [-0.3, -0.25) is 9.59 Å². The van der Waals surface area contributed by atoms with Crippen molar-refractivity contribution in [1.29, 1.82) is 0 Å². The van der Waals surface area contributed by atoms with Gasteiger partial charge in [-0.1, -0.05) is 19.6 Å². The summed E-state index contributed by atoms with van der Waals surface area (Å²) in [6.07, 6.45) is 1.75. The third-order valence-electron chi connectivity index (χ3n) is 3.07. The number of nitrogens with zero attached hydrogens (tertiary/aromatic N) is 1. The zero-order valence-electron chi connectivity index (χ0n) is 11.1. The fraction of sp³-hybridized carbons (Fsp3) is 0.429. The van der Waals surface area contributed by atoms with E-state index in [0.29, 0.717) is 18.7 Å². The van der Waals surface area contributed by atoms with E-state index in [2.05, 4.69) is 13.5 Å². The number of fused-ring (bicyclic) bond motifs is 1. The fourth-order valence-electron chi connectivity index (χ4n) is 2.22. The van der Waals surface area contributed by atoms with Crippen molar-refractivity contribution >= 4 is 29.3 Å². The lowest BCUT2D eigenvalue weighted by Crippen LogP contribution is -2.42. The minimum atomic E-state index is -0.356. The molecule has 0 spiro atoms. The van der Waals surface area contributed by atoms with Crippen LogP contribution in [0.5, 0.6) is 0 Å². The van der Waals surface area contributed by atoms with E-state index in [1.54, 1.807) is 29.2 Å². The molecule has 1 aliphatic heterocycles. The number of hydrogen-bond donors (Lipinski definition) is 0. The van der Waals surface area contributed by atoms with Crippen LogP contribution < -0.4 is 0 Å². The van der Waals surface area contributed by atoms with E-state index in [1.807, 2.05) is 6.07 Å². The second-order valence-corrected chi connectivity index (χ2v) is 5.64. The standard InChI is InChI=1S/C14H17NO3S/c1-4-10-6-11-13(19-10)9(3)7-15(14(11)17)8-12(16)18-5-2/h4,6,9H,1,5,7-8H2,2-3H3. The van der Waals surface area contributed by atoms with Crippen LogP contribution in [-0.4, -0.2) is 36.5 Å². The van der Waals surface area contributed by atoms with Crippen LogP contribution in [0, 0.1) is 0 Å². The minimum Gasteiger partial charge on any atom is -0.465 e. The summed E-state index contributed by atoms with van der Waals surface area (Å²) in [5.41, 5.74) is 0.697. The molecule has 0 aromatic carbocycles. The Morgan fingerprint density at radius 3 is 3.05 bits per heavy atom. The number of esters is 1. The molecule has 1 atom stereocenters. The number of carbonyl (C=O) groups excluding carboxylic acids is 2. The number of ether oxygens (including phenoxy) is 1. The number of rotatable bonds is 4. The Morgan fingerprint density at radius 1 is 1.68 bits per heavy atom. The molecule has 0 bridgehead atoms. The van der Waals surface area contributed by atoms with Gasteiger partial charge in [0.1, 0.15) is 6.54 Å². The quantitative estimate of drug-likeness (QED) is 0.796. The molecule has 2 rings (SSSR count). The van der Waals surface area contributed by atoms with Gasteiger partial charge in [0.2, 0.25) is 0 Å². The molecular weight excluding hydrogens is 262 g/mol. The van der Waals surface area contributed by atoms with Crippen LogP contribution in [0.25, 0.3) is 6.08 Å². The molecule has 1 aromatic rings. The van der Waals surface area contributed by atoms with Crippen molar-refractivity contribution < 1.29 is 14.3 Å². The van der Waals surface area contributed by atoms with E-state index in [0.717, 1.165) is 9.75 Å². The third-order valence-corrected chi connectivity index (χ3v) is 4.43. The van der Waals surface area contributed by atoms with E-state index < -0.39 is 0 Å². The molecule has 0 aliphatic carbocycles. The van der Waals surface area contributed by atoms with Crippen LogP contribution in [0.1, 0.15) is 39.9 Å². The van der Waals surface area contributed by atoms with Crippen molar-refractivity contribution in [3.8, 4) is 0 Å². The van der Waals surface area contributed by atoms with Crippen molar-refractivity contribution in [3.05, 3.63) is 28.0 Å². The van der Waals surface area contributed by atoms with Crippen molar-refractivity contribution in [2.75, 3.05) is 19.7 Å². The average molecular weight is 279 g/mol. The first-order valence-electron chi connectivity index (χ1n) is 6.27. The first kappa shape index (κ1) is 13.8. The highest BCUT2D eigenvalue weighted by Crippen LogP contribution is 2.35. The smallest absolute Gasteiger partial charge is 0.325 e. The molecule has 4 nitrogen and oxygen atoms in total. The summed E-state index contributed by atoms with van der Waals surface area (Å²) in [6, 6.07) is 1.85. The summed E-state index contributed by atoms with van der Waals surface area (Å²) in [7, 11) is 0. The highest BCUT2D eigenvalue weighted by molar-refractivity contribution is 7.13. The first-order valence-corrected chi connectivity index (χ1v) is 7.09. The molecule has 102 valence electrons. The molecule has 1 amide bonds. The SMILES string of the molecule is C=Cc1cc2c(s1)C(C)CN(CC(=O)OCC)C2=O. The number of hydrogen-bond acceptors (Lipinski definition) is 4. The van der Waals surface area contributed by atoms with E-state index in [4.69, 9.17) is 4.74 Å². The Balaban J connectivity index is 2.21. The average Bonchev–Trinajstić information content (AvgIpc) is 2.81. The lowest BCUT2D eigenvalue weighted by Gasteiger charge is -2.29. The molecule has 2 heterocycles. The number of thiophene rings is 1.